The monoisotopic (exact) mass is 472 g/mol. The Balaban J connectivity index is 1.62. The third kappa shape index (κ3) is 5.43. The molecule has 0 aliphatic carbocycles. The molecule has 8 nitrogen and oxygen atoms in total. The molecule has 0 radical (unpaired) electrons. The van der Waals surface area contributed by atoms with Crippen LogP contribution in [0.2, 0.25) is 0 Å². The summed E-state index contributed by atoms with van der Waals surface area (Å²) in [5, 5.41) is 7.49. The summed E-state index contributed by atoms with van der Waals surface area (Å²) >= 11 is 0. The molecule has 0 atom stereocenters. The topological polar surface area (TPSA) is 87.5 Å². The fourth-order valence-electron chi connectivity index (χ4n) is 3.56. The molecule has 0 unspecified atom stereocenters. The highest BCUT2D eigenvalue weighted by Gasteiger charge is 2.17. The van der Waals surface area contributed by atoms with Gasteiger partial charge in [0.05, 0.1) is 26.0 Å². The SMILES string of the molecule is COc1cc(OC)cc(C(=O)Nc2ccc(-n3nc(OC(C)C)nc3-c3ccccc3C)cc2)c1. The van der Waals surface area contributed by atoms with E-state index in [1.807, 2.05) is 69.3 Å². The molecule has 0 spiro atoms. The fourth-order valence-corrected chi connectivity index (χ4v) is 3.56. The maximum atomic E-state index is 12.8. The first-order valence-electron chi connectivity index (χ1n) is 11.2. The van der Waals surface area contributed by atoms with Crippen molar-refractivity contribution in [3.05, 3.63) is 77.9 Å². The van der Waals surface area contributed by atoms with E-state index in [1.54, 1.807) is 37.1 Å². The lowest BCUT2D eigenvalue weighted by molar-refractivity contribution is 0.102. The lowest BCUT2D eigenvalue weighted by Gasteiger charge is -2.11. The number of aryl methyl sites for hydroxylation is 1. The summed E-state index contributed by atoms with van der Waals surface area (Å²) in [6.45, 7) is 5.90. The van der Waals surface area contributed by atoms with E-state index < -0.39 is 0 Å². The highest BCUT2D eigenvalue weighted by atomic mass is 16.5. The summed E-state index contributed by atoms with van der Waals surface area (Å²) in [5.74, 6) is 1.49. The second-order valence-corrected chi connectivity index (χ2v) is 8.21. The lowest BCUT2D eigenvalue weighted by atomic mass is 10.1. The van der Waals surface area contributed by atoms with Gasteiger partial charge in [-0.15, -0.1) is 5.10 Å². The third-order valence-corrected chi connectivity index (χ3v) is 5.30. The van der Waals surface area contributed by atoms with Crippen LogP contribution in [0, 0.1) is 6.92 Å². The van der Waals surface area contributed by atoms with Crippen LogP contribution in [0.25, 0.3) is 17.1 Å². The number of ether oxygens (including phenoxy) is 3. The van der Waals surface area contributed by atoms with E-state index >= 15 is 0 Å². The van der Waals surface area contributed by atoms with E-state index in [-0.39, 0.29) is 12.0 Å². The second-order valence-electron chi connectivity index (χ2n) is 8.21. The maximum absolute atomic E-state index is 12.8. The lowest BCUT2D eigenvalue weighted by Crippen LogP contribution is -2.12. The first kappa shape index (κ1) is 23.8. The molecule has 35 heavy (non-hydrogen) atoms. The summed E-state index contributed by atoms with van der Waals surface area (Å²) in [6, 6.07) is 20.7. The fraction of sp³-hybridized carbons (Fsp3) is 0.222. The minimum absolute atomic E-state index is 0.0524. The Morgan fingerprint density at radius 2 is 1.60 bits per heavy atom. The van der Waals surface area contributed by atoms with Crippen LogP contribution in [0.5, 0.6) is 17.5 Å². The Bertz CT molecular complexity index is 1310. The van der Waals surface area contributed by atoms with Crippen molar-refractivity contribution in [3.8, 4) is 34.6 Å². The zero-order valence-corrected chi connectivity index (χ0v) is 20.4. The van der Waals surface area contributed by atoms with Crippen LogP contribution < -0.4 is 19.5 Å². The molecule has 1 amide bonds. The van der Waals surface area contributed by atoms with Crippen LogP contribution in [-0.4, -0.2) is 41.0 Å². The molecular formula is C27H28N4O4. The summed E-state index contributed by atoms with van der Waals surface area (Å²) in [6.07, 6.45) is -0.0524. The molecule has 0 fully saturated rings. The molecule has 0 aliphatic heterocycles. The highest BCUT2D eigenvalue weighted by molar-refractivity contribution is 6.04. The van der Waals surface area contributed by atoms with Crippen LogP contribution in [0.15, 0.2) is 66.7 Å². The van der Waals surface area contributed by atoms with E-state index in [9.17, 15) is 4.79 Å². The van der Waals surface area contributed by atoms with E-state index in [2.05, 4.69) is 15.4 Å². The molecule has 1 heterocycles. The number of nitrogens with zero attached hydrogens (tertiary/aromatic N) is 3. The van der Waals surface area contributed by atoms with Crippen LogP contribution in [0.3, 0.4) is 0 Å². The van der Waals surface area contributed by atoms with Crippen LogP contribution in [0.4, 0.5) is 5.69 Å². The molecule has 0 aliphatic rings. The quantitative estimate of drug-likeness (QED) is 0.374. The molecular weight excluding hydrogens is 444 g/mol. The molecule has 180 valence electrons. The molecule has 0 bridgehead atoms. The van der Waals surface area contributed by atoms with Crippen LogP contribution >= 0.6 is 0 Å². The number of rotatable bonds is 8. The van der Waals surface area contributed by atoms with Gasteiger partial charge in [0.2, 0.25) is 0 Å². The van der Waals surface area contributed by atoms with E-state index in [0.29, 0.717) is 34.6 Å². The van der Waals surface area contributed by atoms with Gasteiger partial charge in [0, 0.05) is 22.9 Å². The van der Waals surface area contributed by atoms with Crippen molar-refractivity contribution in [2.45, 2.75) is 26.9 Å². The standard InChI is InChI=1S/C27H28N4O4/c1-17(2)35-27-29-25(24-9-7-6-8-18(24)3)31(30-27)21-12-10-20(11-13-21)28-26(32)19-14-22(33-4)16-23(15-19)34-5/h6-17H,1-5H3,(H,28,32). The zero-order valence-electron chi connectivity index (χ0n) is 20.4. The molecule has 1 aromatic heterocycles. The second kappa shape index (κ2) is 10.3. The van der Waals surface area contributed by atoms with Gasteiger partial charge in [-0.2, -0.15) is 4.98 Å². The first-order valence-corrected chi connectivity index (χ1v) is 11.2. The molecule has 8 heteroatoms. The number of hydrogen-bond acceptors (Lipinski definition) is 6. The molecule has 1 N–H and O–H groups in total. The highest BCUT2D eigenvalue weighted by Crippen LogP contribution is 2.28. The minimum atomic E-state index is -0.274. The normalized spacial score (nSPS) is 10.8. The van der Waals surface area contributed by atoms with Gasteiger partial charge < -0.3 is 19.5 Å². The number of carbonyl (C=O) groups excluding carboxylic acids is 1. The average molecular weight is 473 g/mol. The first-order chi connectivity index (χ1) is 16.9. The Morgan fingerprint density at radius 1 is 0.943 bits per heavy atom. The smallest absolute Gasteiger partial charge is 0.336 e. The minimum Gasteiger partial charge on any atom is -0.497 e. The summed E-state index contributed by atoms with van der Waals surface area (Å²) < 4.78 is 18.0. The number of methoxy groups -OCH3 is 2. The number of carbonyl (C=O) groups is 1. The van der Waals surface area contributed by atoms with Crippen molar-refractivity contribution in [1.82, 2.24) is 14.8 Å². The van der Waals surface area contributed by atoms with Gasteiger partial charge in [0.25, 0.3) is 5.91 Å². The predicted octanol–water partition coefficient (Wildman–Crippen LogP) is 5.30. The van der Waals surface area contributed by atoms with Crippen molar-refractivity contribution in [3.63, 3.8) is 0 Å². The van der Waals surface area contributed by atoms with Gasteiger partial charge in [-0.1, -0.05) is 24.3 Å². The van der Waals surface area contributed by atoms with Gasteiger partial charge in [-0.3, -0.25) is 4.79 Å². The Labute approximate surface area is 204 Å². The molecule has 3 aromatic carbocycles. The summed E-state index contributed by atoms with van der Waals surface area (Å²) in [4.78, 5) is 17.5. The number of hydrogen-bond donors (Lipinski definition) is 1. The Hall–Kier alpha value is -4.33. The van der Waals surface area contributed by atoms with Crippen molar-refractivity contribution >= 4 is 11.6 Å². The molecule has 4 aromatic rings. The number of aromatic nitrogens is 3. The number of benzene rings is 3. The van der Waals surface area contributed by atoms with Crippen molar-refractivity contribution in [1.29, 1.82) is 0 Å². The van der Waals surface area contributed by atoms with Gasteiger partial charge >= 0.3 is 6.01 Å². The number of nitrogens with one attached hydrogen (secondary N) is 1. The third-order valence-electron chi connectivity index (χ3n) is 5.30. The Morgan fingerprint density at radius 3 is 2.20 bits per heavy atom. The van der Waals surface area contributed by atoms with Crippen molar-refractivity contribution in [2.24, 2.45) is 0 Å². The number of amides is 1. The number of anilines is 1. The average Bonchev–Trinajstić information content (AvgIpc) is 3.27. The van der Waals surface area contributed by atoms with Crippen LogP contribution in [0.1, 0.15) is 29.8 Å². The van der Waals surface area contributed by atoms with E-state index in [1.165, 1.54) is 0 Å². The van der Waals surface area contributed by atoms with Gasteiger partial charge in [0.1, 0.15) is 11.5 Å². The van der Waals surface area contributed by atoms with E-state index in [0.717, 1.165) is 16.8 Å². The van der Waals surface area contributed by atoms with Crippen LogP contribution in [-0.2, 0) is 0 Å². The van der Waals surface area contributed by atoms with Crippen molar-refractivity contribution in [2.75, 3.05) is 19.5 Å². The van der Waals surface area contributed by atoms with E-state index in [4.69, 9.17) is 14.2 Å². The molecule has 0 saturated carbocycles. The summed E-state index contributed by atoms with van der Waals surface area (Å²) in [5.41, 5.74) is 3.89. The van der Waals surface area contributed by atoms with Crippen molar-refractivity contribution < 1.29 is 19.0 Å². The predicted molar refractivity (Wildman–Crippen MR) is 135 cm³/mol. The maximum Gasteiger partial charge on any atom is 0.336 e. The summed E-state index contributed by atoms with van der Waals surface area (Å²) in [7, 11) is 3.09. The van der Waals surface area contributed by atoms with Gasteiger partial charge in [0.15, 0.2) is 5.82 Å². The zero-order chi connectivity index (χ0) is 24.9. The molecule has 0 saturated heterocycles. The van der Waals surface area contributed by atoms with Gasteiger partial charge in [-0.25, -0.2) is 4.68 Å². The van der Waals surface area contributed by atoms with Gasteiger partial charge in [-0.05, 0) is 62.7 Å². The molecule has 4 rings (SSSR count). The Kier molecular flexibility index (Phi) is 7.01. The largest absolute Gasteiger partial charge is 0.497 e.